The average Bonchev–Trinajstić information content (AvgIpc) is 2.63. The number of carbonyl (C=O) groups is 2. The van der Waals surface area contributed by atoms with Gasteiger partial charge in [-0.1, -0.05) is 15.9 Å². The Morgan fingerprint density at radius 1 is 1.15 bits per heavy atom. The van der Waals surface area contributed by atoms with E-state index in [0.717, 1.165) is 20.6 Å². The van der Waals surface area contributed by atoms with Crippen molar-refractivity contribution in [2.75, 3.05) is 24.8 Å². The molecule has 0 fully saturated rings. The summed E-state index contributed by atoms with van der Waals surface area (Å²) in [6, 6.07) is 13.2. The summed E-state index contributed by atoms with van der Waals surface area (Å²) in [6.07, 6.45) is 0.417. The lowest BCUT2D eigenvalue weighted by Gasteiger charge is -2.11. The smallest absolute Gasteiger partial charge is 0.343 e. The lowest BCUT2D eigenvalue weighted by molar-refractivity contribution is -0.142. The summed E-state index contributed by atoms with van der Waals surface area (Å²) >= 11 is 5.04. The van der Waals surface area contributed by atoms with Gasteiger partial charge in [-0.05, 0) is 55.0 Å². The van der Waals surface area contributed by atoms with Gasteiger partial charge in [0.1, 0.15) is 5.75 Å². The first-order valence-electron chi connectivity index (χ1n) is 7.96. The number of esters is 1. The first-order chi connectivity index (χ1) is 12.5. The van der Waals surface area contributed by atoms with Gasteiger partial charge < -0.3 is 14.8 Å². The summed E-state index contributed by atoms with van der Waals surface area (Å²) in [5.74, 6) is 0.772. The van der Waals surface area contributed by atoms with Crippen LogP contribution in [0, 0.1) is 6.92 Å². The molecule has 2 aromatic rings. The number of aryl methyl sites for hydroxylation is 1. The molecular weight excluding hydrogens is 418 g/mol. The number of rotatable bonds is 8. The highest BCUT2D eigenvalue weighted by molar-refractivity contribution is 9.10. The third-order valence-electron chi connectivity index (χ3n) is 3.47. The highest BCUT2D eigenvalue weighted by Crippen LogP contribution is 2.23. The molecule has 0 spiro atoms. The van der Waals surface area contributed by atoms with Crippen LogP contribution in [0.25, 0.3) is 0 Å². The fourth-order valence-corrected chi connectivity index (χ4v) is 3.19. The second kappa shape index (κ2) is 10.2. The number of anilines is 1. The molecule has 0 saturated heterocycles. The number of hydrogen-bond acceptors (Lipinski definition) is 5. The normalized spacial score (nSPS) is 10.3. The number of amides is 1. The number of halogens is 1. The van der Waals surface area contributed by atoms with Crippen LogP contribution in [0.3, 0.4) is 0 Å². The molecule has 0 radical (unpaired) electrons. The second-order valence-corrected chi connectivity index (χ2v) is 7.53. The molecule has 0 bridgehead atoms. The first kappa shape index (κ1) is 20.3. The third-order valence-corrected chi connectivity index (χ3v) is 5.01. The number of nitrogens with one attached hydrogen (secondary N) is 1. The molecule has 2 rings (SSSR count). The van der Waals surface area contributed by atoms with E-state index >= 15 is 0 Å². The van der Waals surface area contributed by atoms with E-state index in [4.69, 9.17) is 4.74 Å². The van der Waals surface area contributed by atoms with Crippen LogP contribution in [0.1, 0.15) is 12.0 Å². The fraction of sp³-hybridized carbons (Fsp3) is 0.263. The van der Waals surface area contributed by atoms with Crippen LogP contribution in [0.4, 0.5) is 5.69 Å². The first-order valence-corrected chi connectivity index (χ1v) is 9.74. The molecule has 26 heavy (non-hydrogen) atoms. The quantitative estimate of drug-likeness (QED) is 0.488. The molecule has 138 valence electrons. The molecule has 5 nitrogen and oxygen atoms in total. The van der Waals surface area contributed by atoms with E-state index in [0.29, 0.717) is 17.9 Å². The number of thioether (sulfide) groups is 1. The van der Waals surface area contributed by atoms with Crippen molar-refractivity contribution in [2.24, 2.45) is 0 Å². The summed E-state index contributed by atoms with van der Waals surface area (Å²) in [7, 11) is 1.31. The van der Waals surface area contributed by atoms with Crippen molar-refractivity contribution in [1.29, 1.82) is 0 Å². The largest absolute Gasteiger partial charge is 0.482 e. The van der Waals surface area contributed by atoms with Gasteiger partial charge in [0.2, 0.25) is 5.91 Å². The predicted octanol–water partition coefficient (Wildman–Crippen LogP) is 4.43. The minimum Gasteiger partial charge on any atom is -0.482 e. The predicted molar refractivity (Wildman–Crippen MR) is 107 cm³/mol. The van der Waals surface area contributed by atoms with E-state index in [1.807, 2.05) is 31.2 Å². The van der Waals surface area contributed by atoms with Crippen molar-refractivity contribution in [3.63, 3.8) is 0 Å². The van der Waals surface area contributed by atoms with Crippen molar-refractivity contribution >= 4 is 45.3 Å². The summed E-state index contributed by atoms with van der Waals surface area (Å²) in [5, 5.41) is 2.90. The van der Waals surface area contributed by atoms with E-state index in [2.05, 4.69) is 26.0 Å². The molecule has 0 aromatic heterocycles. The molecule has 0 aliphatic carbocycles. The molecule has 2 aromatic carbocycles. The van der Waals surface area contributed by atoms with Gasteiger partial charge in [0.15, 0.2) is 6.61 Å². The number of hydrogen-bond donors (Lipinski definition) is 1. The lowest BCUT2D eigenvalue weighted by atomic mass is 10.2. The minimum absolute atomic E-state index is 0.0408. The number of methoxy groups -OCH3 is 1. The Bertz CT molecular complexity index is 765. The van der Waals surface area contributed by atoms with Gasteiger partial charge >= 0.3 is 5.97 Å². The van der Waals surface area contributed by atoms with Crippen molar-refractivity contribution in [3.05, 3.63) is 52.5 Å². The molecule has 1 N–H and O–H groups in total. The highest BCUT2D eigenvalue weighted by Gasteiger charge is 2.08. The highest BCUT2D eigenvalue weighted by atomic mass is 79.9. The topological polar surface area (TPSA) is 64.6 Å². The molecule has 0 atom stereocenters. The molecule has 1 amide bonds. The van der Waals surface area contributed by atoms with Crippen LogP contribution in [-0.2, 0) is 14.3 Å². The standard InChI is InChI=1S/C19H20BrNO4S/c1-13-11-15(25-12-19(23)24-2)5-8-17(13)21-18(22)9-10-26-16-6-3-14(20)4-7-16/h3-8,11H,9-10,12H2,1-2H3,(H,21,22). The zero-order chi connectivity index (χ0) is 18.9. The summed E-state index contributed by atoms with van der Waals surface area (Å²) in [5.41, 5.74) is 1.59. The van der Waals surface area contributed by atoms with Crippen molar-refractivity contribution in [1.82, 2.24) is 0 Å². The van der Waals surface area contributed by atoms with E-state index in [-0.39, 0.29) is 12.5 Å². The second-order valence-electron chi connectivity index (χ2n) is 5.44. The maximum absolute atomic E-state index is 12.1. The van der Waals surface area contributed by atoms with Gasteiger partial charge in [-0.15, -0.1) is 11.8 Å². The summed E-state index contributed by atoms with van der Waals surface area (Å²) in [4.78, 5) is 24.3. The minimum atomic E-state index is -0.441. The third kappa shape index (κ3) is 6.72. The van der Waals surface area contributed by atoms with E-state index < -0.39 is 5.97 Å². The van der Waals surface area contributed by atoms with Gasteiger partial charge in [0.05, 0.1) is 7.11 Å². The summed E-state index contributed by atoms with van der Waals surface area (Å²) < 4.78 is 10.9. The van der Waals surface area contributed by atoms with Crippen LogP contribution < -0.4 is 10.1 Å². The zero-order valence-electron chi connectivity index (χ0n) is 14.6. The van der Waals surface area contributed by atoms with Crippen LogP contribution >= 0.6 is 27.7 Å². The molecular formula is C19H20BrNO4S. The molecule has 7 heteroatoms. The van der Waals surface area contributed by atoms with E-state index in [1.165, 1.54) is 7.11 Å². The van der Waals surface area contributed by atoms with Crippen LogP contribution in [0.2, 0.25) is 0 Å². The van der Waals surface area contributed by atoms with Gasteiger partial charge in [0.25, 0.3) is 0 Å². The Morgan fingerprint density at radius 3 is 2.54 bits per heavy atom. The lowest BCUT2D eigenvalue weighted by Crippen LogP contribution is -2.14. The van der Waals surface area contributed by atoms with Crippen LogP contribution in [-0.4, -0.2) is 31.3 Å². The van der Waals surface area contributed by atoms with Crippen molar-refractivity contribution in [2.45, 2.75) is 18.2 Å². The number of benzene rings is 2. The maximum atomic E-state index is 12.1. The van der Waals surface area contributed by atoms with Crippen LogP contribution in [0.5, 0.6) is 5.75 Å². The fourth-order valence-electron chi connectivity index (χ4n) is 2.07. The zero-order valence-corrected chi connectivity index (χ0v) is 17.0. The maximum Gasteiger partial charge on any atom is 0.343 e. The molecule has 0 heterocycles. The Labute approximate surface area is 165 Å². The number of carbonyl (C=O) groups excluding carboxylic acids is 2. The van der Waals surface area contributed by atoms with Gasteiger partial charge in [-0.3, -0.25) is 4.79 Å². The Morgan fingerprint density at radius 2 is 1.88 bits per heavy atom. The molecule has 0 aliphatic rings. The van der Waals surface area contributed by atoms with E-state index in [9.17, 15) is 9.59 Å². The van der Waals surface area contributed by atoms with E-state index in [1.54, 1.807) is 30.0 Å². The summed E-state index contributed by atoms with van der Waals surface area (Å²) in [6.45, 7) is 1.73. The number of ether oxygens (including phenoxy) is 2. The van der Waals surface area contributed by atoms with Crippen molar-refractivity contribution in [3.8, 4) is 5.75 Å². The Hall–Kier alpha value is -1.99. The Balaban J connectivity index is 1.80. The van der Waals surface area contributed by atoms with Crippen molar-refractivity contribution < 1.29 is 19.1 Å². The van der Waals surface area contributed by atoms with Gasteiger partial charge in [-0.25, -0.2) is 4.79 Å². The average molecular weight is 438 g/mol. The SMILES string of the molecule is COC(=O)COc1ccc(NC(=O)CCSc2ccc(Br)cc2)c(C)c1. The van der Waals surface area contributed by atoms with Crippen LogP contribution in [0.15, 0.2) is 51.8 Å². The molecule has 0 saturated carbocycles. The van der Waals surface area contributed by atoms with Gasteiger partial charge in [-0.2, -0.15) is 0 Å². The molecule has 0 aliphatic heterocycles. The monoisotopic (exact) mass is 437 g/mol. The Kier molecular flexibility index (Phi) is 8.00. The van der Waals surface area contributed by atoms with Gasteiger partial charge in [0, 0.05) is 27.2 Å². The molecule has 0 unspecified atom stereocenters.